The Hall–Kier alpha value is -2.96. The number of hydrogen-bond donors (Lipinski definition) is 2. The van der Waals surface area contributed by atoms with Crippen LogP contribution in [0.15, 0.2) is 78.0 Å². The largest absolute Gasteiger partial charge is 0.337 e. The molecule has 4 nitrogen and oxygen atoms in total. The van der Waals surface area contributed by atoms with Crippen LogP contribution in [0, 0.1) is 5.82 Å². The van der Waals surface area contributed by atoms with Crippen LogP contribution >= 0.6 is 0 Å². The first kappa shape index (κ1) is 17.5. The number of rotatable bonds is 4. The molecule has 0 saturated carbocycles. The highest BCUT2D eigenvalue weighted by Gasteiger charge is 2.17. The second kappa shape index (κ2) is 7.34. The molecule has 27 heavy (non-hydrogen) atoms. The summed E-state index contributed by atoms with van der Waals surface area (Å²) >= 11 is -0.778. The molecule has 2 heterocycles. The molecular weight excluding hydrogens is 361 g/mol. The van der Waals surface area contributed by atoms with Crippen molar-refractivity contribution in [2.75, 3.05) is 6.26 Å². The first-order valence-electron chi connectivity index (χ1n) is 8.33. The number of nitrogens with one attached hydrogen (secondary N) is 1. The van der Waals surface area contributed by atoms with Gasteiger partial charge in [-0.05, 0) is 60.7 Å². The Morgan fingerprint density at radius 3 is 2.11 bits per heavy atom. The van der Waals surface area contributed by atoms with Crippen LogP contribution in [0.3, 0.4) is 0 Å². The van der Waals surface area contributed by atoms with Gasteiger partial charge in [-0.1, -0.05) is 0 Å². The van der Waals surface area contributed by atoms with Gasteiger partial charge >= 0.3 is 0 Å². The fourth-order valence-corrected chi connectivity index (χ4v) is 3.39. The van der Waals surface area contributed by atoms with Gasteiger partial charge in [0.15, 0.2) is 16.1 Å². The van der Waals surface area contributed by atoms with E-state index in [1.54, 1.807) is 30.8 Å². The smallest absolute Gasteiger partial charge is 0.189 e. The highest BCUT2D eigenvalue weighted by Crippen LogP contribution is 2.33. The lowest BCUT2D eigenvalue weighted by atomic mass is 10.1. The SMILES string of the molecule is C[S+](O)c1ccc(-c2nc(-c3ccc(F)cc3)c(-c3ccncc3)[nH]2)cc1. The summed E-state index contributed by atoms with van der Waals surface area (Å²) in [5.74, 6) is 0.427. The maximum Gasteiger partial charge on any atom is 0.189 e. The molecule has 1 unspecified atom stereocenters. The van der Waals surface area contributed by atoms with Crippen molar-refractivity contribution in [2.45, 2.75) is 4.90 Å². The predicted octanol–water partition coefficient (Wildman–Crippen LogP) is 5.02. The molecule has 0 fully saturated rings. The van der Waals surface area contributed by atoms with Gasteiger partial charge in [-0.2, -0.15) is 4.55 Å². The van der Waals surface area contributed by atoms with Crippen molar-refractivity contribution in [3.05, 3.63) is 78.9 Å². The highest BCUT2D eigenvalue weighted by molar-refractivity contribution is 7.90. The van der Waals surface area contributed by atoms with Crippen molar-refractivity contribution in [2.24, 2.45) is 0 Å². The lowest BCUT2D eigenvalue weighted by molar-refractivity contribution is 0.628. The van der Waals surface area contributed by atoms with Gasteiger partial charge < -0.3 is 4.98 Å². The number of nitrogens with zero attached hydrogens (tertiary/aromatic N) is 2. The van der Waals surface area contributed by atoms with Crippen molar-refractivity contribution in [1.29, 1.82) is 0 Å². The van der Waals surface area contributed by atoms with E-state index in [1.807, 2.05) is 36.4 Å². The molecule has 4 rings (SSSR count). The van der Waals surface area contributed by atoms with Crippen LogP contribution < -0.4 is 0 Å². The van der Waals surface area contributed by atoms with Gasteiger partial charge in [0.05, 0.1) is 11.4 Å². The Bertz CT molecular complexity index is 1050. The van der Waals surface area contributed by atoms with E-state index in [2.05, 4.69) is 9.97 Å². The van der Waals surface area contributed by atoms with Crippen molar-refractivity contribution in [3.8, 4) is 33.9 Å². The zero-order chi connectivity index (χ0) is 18.8. The van der Waals surface area contributed by atoms with E-state index >= 15 is 0 Å². The van der Waals surface area contributed by atoms with Gasteiger partial charge in [-0.3, -0.25) is 4.98 Å². The lowest BCUT2D eigenvalue weighted by Crippen LogP contribution is -1.95. The molecule has 4 aromatic rings. The van der Waals surface area contributed by atoms with E-state index in [0.29, 0.717) is 5.82 Å². The maximum absolute atomic E-state index is 13.3. The summed E-state index contributed by atoms with van der Waals surface area (Å²) in [4.78, 5) is 13.1. The van der Waals surface area contributed by atoms with E-state index in [4.69, 9.17) is 4.98 Å². The van der Waals surface area contributed by atoms with Crippen molar-refractivity contribution in [3.63, 3.8) is 0 Å². The minimum Gasteiger partial charge on any atom is -0.337 e. The molecule has 0 saturated heterocycles. The molecule has 2 aromatic heterocycles. The first-order valence-corrected chi connectivity index (χ1v) is 9.92. The Morgan fingerprint density at radius 1 is 0.852 bits per heavy atom. The maximum atomic E-state index is 13.3. The number of aromatic nitrogens is 3. The van der Waals surface area contributed by atoms with E-state index in [0.717, 1.165) is 33.0 Å². The number of aromatic amines is 1. The van der Waals surface area contributed by atoms with Gasteiger partial charge in [0.2, 0.25) is 0 Å². The second-order valence-corrected chi connectivity index (χ2v) is 7.48. The fourth-order valence-electron chi connectivity index (χ4n) is 2.86. The summed E-state index contributed by atoms with van der Waals surface area (Å²) in [7, 11) is 0. The first-order chi connectivity index (χ1) is 13.1. The summed E-state index contributed by atoms with van der Waals surface area (Å²) in [5, 5.41) is 0. The highest BCUT2D eigenvalue weighted by atomic mass is 32.2. The van der Waals surface area contributed by atoms with Crippen LogP contribution in [0.5, 0.6) is 0 Å². The van der Waals surface area contributed by atoms with Crippen molar-refractivity contribution in [1.82, 2.24) is 15.0 Å². The Balaban J connectivity index is 1.83. The third-order valence-corrected chi connectivity index (χ3v) is 5.21. The predicted molar refractivity (Wildman–Crippen MR) is 107 cm³/mol. The minimum absolute atomic E-state index is 0.283. The number of hydrogen-bond acceptors (Lipinski definition) is 3. The zero-order valence-corrected chi connectivity index (χ0v) is 15.4. The standard InChI is InChI=1S/C21H17FN3OS/c1-27(26)18-8-4-16(5-9-18)21-24-19(14-2-6-17(22)7-3-14)20(25-21)15-10-12-23-13-11-15/h2-13,26H,1H3,(H,24,25)/q+1. The van der Waals surface area contributed by atoms with Crippen LogP contribution in [0.25, 0.3) is 33.9 Å². The number of pyridine rings is 1. The number of imidazole rings is 1. The third kappa shape index (κ3) is 3.63. The molecular formula is C21H17FN3OS+. The summed E-state index contributed by atoms with van der Waals surface area (Å²) in [6.07, 6.45) is 5.21. The Morgan fingerprint density at radius 2 is 1.48 bits per heavy atom. The van der Waals surface area contributed by atoms with E-state index in [9.17, 15) is 8.94 Å². The molecule has 1 atom stereocenters. The number of halogens is 1. The van der Waals surface area contributed by atoms with Gasteiger partial charge in [0, 0.05) is 29.1 Å². The molecule has 0 spiro atoms. The molecule has 134 valence electrons. The molecule has 2 N–H and O–H groups in total. The number of H-pyrrole nitrogens is 1. The number of benzene rings is 2. The summed E-state index contributed by atoms with van der Waals surface area (Å²) in [5.41, 5.74) is 4.28. The molecule has 0 aliphatic carbocycles. The van der Waals surface area contributed by atoms with Gasteiger partial charge in [0.25, 0.3) is 0 Å². The van der Waals surface area contributed by atoms with Crippen LogP contribution in [-0.2, 0) is 11.2 Å². The van der Waals surface area contributed by atoms with Crippen molar-refractivity contribution >= 4 is 11.2 Å². The summed E-state index contributed by atoms with van der Waals surface area (Å²) < 4.78 is 23.1. The van der Waals surface area contributed by atoms with E-state index < -0.39 is 11.2 Å². The van der Waals surface area contributed by atoms with Gasteiger partial charge in [0.1, 0.15) is 17.9 Å². The minimum atomic E-state index is -0.778. The molecule has 0 aliphatic heterocycles. The molecule has 0 amide bonds. The molecule has 6 heteroatoms. The quantitative estimate of drug-likeness (QED) is 0.490. The topological polar surface area (TPSA) is 61.8 Å². The molecule has 2 aromatic carbocycles. The zero-order valence-electron chi connectivity index (χ0n) is 14.6. The second-order valence-electron chi connectivity index (χ2n) is 6.05. The van der Waals surface area contributed by atoms with Crippen LogP contribution in [-0.4, -0.2) is 25.8 Å². The third-order valence-electron chi connectivity index (χ3n) is 4.26. The van der Waals surface area contributed by atoms with Crippen LogP contribution in [0.1, 0.15) is 0 Å². The Labute approximate surface area is 159 Å². The normalized spacial score (nSPS) is 12.1. The van der Waals surface area contributed by atoms with Gasteiger partial charge in [-0.25, -0.2) is 9.37 Å². The summed E-state index contributed by atoms with van der Waals surface area (Å²) in [6.45, 7) is 0. The average Bonchev–Trinajstić information content (AvgIpc) is 3.15. The summed E-state index contributed by atoms with van der Waals surface area (Å²) in [6, 6.07) is 17.8. The fraction of sp³-hybridized carbons (Fsp3) is 0.0476. The molecule has 0 bridgehead atoms. The van der Waals surface area contributed by atoms with Crippen LogP contribution in [0.2, 0.25) is 0 Å². The monoisotopic (exact) mass is 378 g/mol. The van der Waals surface area contributed by atoms with Gasteiger partial charge in [-0.15, -0.1) is 0 Å². The molecule has 0 radical (unpaired) electrons. The average molecular weight is 378 g/mol. The van der Waals surface area contributed by atoms with E-state index in [1.165, 1.54) is 12.1 Å². The van der Waals surface area contributed by atoms with Crippen LogP contribution in [0.4, 0.5) is 4.39 Å². The van der Waals surface area contributed by atoms with Crippen molar-refractivity contribution < 1.29 is 8.94 Å². The molecule has 0 aliphatic rings. The van der Waals surface area contributed by atoms with E-state index in [-0.39, 0.29) is 5.82 Å². The Kier molecular flexibility index (Phi) is 4.75. The lowest BCUT2D eigenvalue weighted by Gasteiger charge is -2.02.